The molecule has 2 aromatic heterocycles. The van der Waals surface area contributed by atoms with E-state index in [1.807, 2.05) is 30.5 Å². The van der Waals surface area contributed by atoms with E-state index < -0.39 is 0 Å². The Kier molecular flexibility index (Phi) is 3.67. The Balaban J connectivity index is 2.32. The van der Waals surface area contributed by atoms with Gasteiger partial charge in [-0.05, 0) is 40.5 Å². The molecule has 6 heteroatoms. The van der Waals surface area contributed by atoms with Gasteiger partial charge in [0.25, 0.3) is 0 Å². The first-order chi connectivity index (χ1) is 9.60. The Bertz CT molecular complexity index is 803. The summed E-state index contributed by atoms with van der Waals surface area (Å²) in [7, 11) is 1.63. The maximum atomic E-state index is 6.34. The number of methoxy groups -OCH3 is 1. The zero-order chi connectivity index (χ0) is 14.3. The Morgan fingerprint density at radius 2 is 2.10 bits per heavy atom. The topological polar surface area (TPSA) is 35.0 Å². The number of hydrogen-bond acceptors (Lipinski definition) is 4. The molecule has 0 aliphatic carbocycles. The van der Waals surface area contributed by atoms with E-state index in [4.69, 9.17) is 16.3 Å². The van der Waals surface area contributed by atoms with Crippen molar-refractivity contribution in [2.24, 2.45) is 0 Å². The van der Waals surface area contributed by atoms with Crippen LogP contribution in [0.1, 0.15) is 5.56 Å². The fourth-order valence-corrected chi connectivity index (χ4v) is 3.50. The fourth-order valence-electron chi connectivity index (χ4n) is 2.05. The number of hydrogen-bond donors (Lipinski definition) is 0. The number of fused-ring (bicyclic) bond motifs is 1. The zero-order valence-electron chi connectivity index (χ0n) is 10.8. The van der Waals surface area contributed by atoms with Crippen molar-refractivity contribution in [3.05, 3.63) is 38.1 Å². The smallest absolute Gasteiger partial charge is 0.162 e. The summed E-state index contributed by atoms with van der Waals surface area (Å²) in [6.45, 7) is 1.98. The quantitative estimate of drug-likeness (QED) is 0.590. The van der Waals surface area contributed by atoms with E-state index in [9.17, 15) is 0 Å². The van der Waals surface area contributed by atoms with Crippen molar-refractivity contribution in [3.8, 4) is 17.1 Å². The molecule has 0 bridgehead atoms. The summed E-state index contributed by atoms with van der Waals surface area (Å²) in [4.78, 5) is 9.02. The van der Waals surface area contributed by atoms with Crippen molar-refractivity contribution in [2.45, 2.75) is 6.92 Å². The molecule has 0 radical (unpaired) electrons. The van der Waals surface area contributed by atoms with Gasteiger partial charge in [0.1, 0.15) is 16.4 Å². The van der Waals surface area contributed by atoms with Gasteiger partial charge in [0, 0.05) is 16.3 Å². The molecule has 0 saturated heterocycles. The molecule has 20 heavy (non-hydrogen) atoms. The molecule has 0 N–H and O–H groups in total. The molecule has 0 fully saturated rings. The zero-order valence-corrected chi connectivity index (χ0v) is 13.9. The molecule has 0 atom stereocenters. The van der Waals surface area contributed by atoms with Gasteiger partial charge in [0.2, 0.25) is 0 Å². The molecule has 0 aliphatic rings. The van der Waals surface area contributed by atoms with E-state index in [-0.39, 0.29) is 0 Å². The molecule has 0 unspecified atom stereocenters. The molecule has 1 aromatic carbocycles. The number of rotatable bonds is 2. The summed E-state index contributed by atoms with van der Waals surface area (Å²) in [5.74, 6) is 1.30. The van der Waals surface area contributed by atoms with Gasteiger partial charge in [-0.15, -0.1) is 11.3 Å². The molecule has 0 spiro atoms. The minimum absolute atomic E-state index is 0.448. The van der Waals surface area contributed by atoms with Crippen molar-refractivity contribution in [2.75, 3.05) is 7.11 Å². The molecule has 102 valence electrons. The van der Waals surface area contributed by atoms with Crippen LogP contribution in [0.15, 0.2) is 27.4 Å². The number of aryl methyl sites for hydroxylation is 1. The van der Waals surface area contributed by atoms with Gasteiger partial charge in [0.15, 0.2) is 5.82 Å². The first kappa shape index (κ1) is 13.8. The predicted octanol–water partition coefficient (Wildman–Crippen LogP) is 5.09. The highest BCUT2D eigenvalue weighted by atomic mass is 79.9. The lowest BCUT2D eigenvalue weighted by Gasteiger charge is -2.09. The van der Waals surface area contributed by atoms with Crippen LogP contribution in [0, 0.1) is 6.92 Å². The highest BCUT2D eigenvalue weighted by molar-refractivity contribution is 9.11. The number of ether oxygens (including phenoxy) is 1. The van der Waals surface area contributed by atoms with Gasteiger partial charge < -0.3 is 4.74 Å². The Morgan fingerprint density at radius 3 is 2.75 bits per heavy atom. The minimum atomic E-state index is 0.448. The van der Waals surface area contributed by atoms with Gasteiger partial charge in [-0.1, -0.05) is 17.7 Å². The molecule has 0 saturated carbocycles. The standard InChI is InChI=1S/C14H10BrClN2OS/c1-7-3-4-9(19-2)12-11(7)13(16)18-14(17-12)8-5-10(15)20-6-8/h3-6H,1-2H3. The molecule has 3 nitrogen and oxygen atoms in total. The number of thiophene rings is 1. The Hall–Kier alpha value is -1.17. The number of nitrogens with zero attached hydrogens (tertiary/aromatic N) is 2. The van der Waals surface area contributed by atoms with Crippen molar-refractivity contribution < 1.29 is 4.74 Å². The predicted molar refractivity (Wildman–Crippen MR) is 86.9 cm³/mol. The number of halogens is 2. The number of aromatic nitrogens is 2. The van der Waals surface area contributed by atoms with Gasteiger partial charge in [-0.3, -0.25) is 0 Å². The fraction of sp³-hybridized carbons (Fsp3) is 0.143. The average molecular weight is 370 g/mol. The van der Waals surface area contributed by atoms with E-state index in [1.165, 1.54) is 0 Å². The largest absolute Gasteiger partial charge is 0.494 e. The van der Waals surface area contributed by atoms with Gasteiger partial charge >= 0.3 is 0 Å². The number of benzene rings is 1. The minimum Gasteiger partial charge on any atom is -0.494 e. The Labute approximate surface area is 133 Å². The van der Waals surface area contributed by atoms with Crippen LogP contribution in [0.3, 0.4) is 0 Å². The molecular formula is C14H10BrClN2OS. The van der Waals surface area contributed by atoms with E-state index in [1.54, 1.807) is 18.4 Å². The van der Waals surface area contributed by atoms with Crippen molar-refractivity contribution in [1.82, 2.24) is 9.97 Å². The van der Waals surface area contributed by atoms with Crippen LogP contribution >= 0.6 is 38.9 Å². The second-order valence-corrected chi connectivity index (χ2v) is 6.93. The van der Waals surface area contributed by atoms with Crippen LogP contribution in [0.5, 0.6) is 5.75 Å². The monoisotopic (exact) mass is 368 g/mol. The first-order valence-corrected chi connectivity index (χ1v) is 7.90. The van der Waals surface area contributed by atoms with Gasteiger partial charge in [-0.25, -0.2) is 9.97 Å². The lowest BCUT2D eigenvalue weighted by atomic mass is 10.1. The highest BCUT2D eigenvalue weighted by Crippen LogP contribution is 2.34. The van der Waals surface area contributed by atoms with Gasteiger partial charge in [-0.2, -0.15) is 0 Å². The maximum Gasteiger partial charge on any atom is 0.162 e. The van der Waals surface area contributed by atoms with Crippen molar-refractivity contribution >= 4 is 49.8 Å². The third-order valence-corrected chi connectivity index (χ3v) is 4.80. The molecule has 3 aromatic rings. The van der Waals surface area contributed by atoms with Crippen LogP contribution in [-0.2, 0) is 0 Å². The highest BCUT2D eigenvalue weighted by Gasteiger charge is 2.14. The summed E-state index contributed by atoms with van der Waals surface area (Å²) in [6, 6.07) is 5.83. The maximum absolute atomic E-state index is 6.34. The van der Waals surface area contributed by atoms with E-state index in [0.717, 1.165) is 25.8 Å². The molecular weight excluding hydrogens is 360 g/mol. The van der Waals surface area contributed by atoms with Crippen LogP contribution in [0.25, 0.3) is 22.3 Å². The van der Waals surface area contributed by atoms with Crippen LogP contribution in [0.4, 0.5) is 0 Å². The van der Waals surface area contributed by atoms with Crippen molar-refractivity contribution in [1.29, 1.82) is 0 Å². The SMILES string of the molecule is COc1ccc(C)c2c(Cl)nc(-c3csc(Br)c3)nc12. The molecule has 0 aliphatic heterocycles. The first-order valence-electron chi connectivity index (χ1n) is 5.85. The van der Waals surface area contributed by atoms with E-state index in [2.05, 4.69) is 25.9 Å². The summed E-state index contributed by atoms with van der Waals surface area (Å²) < 4.78 is 6.41. The third kappa shape index (κ3) is 2.30. The van der Waals surface area contributed by atoms with E-state index in [0.29, 0.717) is 16.7 Å². The van der Waals surface area contributed by atoms with Crippen LogP contribution in [0.2, 0.25) is 5.15 Å². The van der Waals surface area contributed by atoms with Gasteiger partial charge in [0.05, 0.1) is 10.9 Å². The average Bonchev–Trinajstić information content (AvgIpc) is 2.85. The van der Waals surface area contributed by atoms with Crippen LogP contribution < -0.4 is 4.74 Å². The molecule has 0 amide bonds. The Morgan fingerprint density at radius 1 is 1.30 bits per heavy atom. The normalized spacial score (nSPS) is 11.0. The summed E-state index contributed by atoms with van der Waals surface area (Å²) >= 11 is 11.4. The lowest BCUT2D eigenvalue weighted by Crippen LogP contribution is -1.95. The van der Waals surface area contributed by atoms with E-state index >= 15 is 0 Å². The second-order valence-electron chi connectivity index (χ2n) is 4.29. The molecule has 3 rings (SSSR count). The van der Waals surface area contributed by atoms with Crippen LogP contribution in [-0.4, -0.2) is 17.1 Å². The second kappa shape index (κ2) is 5.31. The van der Waals surface area contributed by atoms with Crippen molar-refractivity contribution in [3.63, 3.8) is 0 Å². The lowest BCUT2D eigenvalue weighted by molar-refractivity contribution is 0.419. The summed E-state index contributed by atoms with van der Waals surface area (Å²) in [5.41, 5.74) is 2.71. The summed E-state index contributed by atoms with van der Waals surface area (Å²) in [5, 5.41) is 3.27. The third-order valence-electron chi connectivity index (χ3n) is 3.02. The molecule has 2 heterocycles. The summed E-state index contributed by atoms with van der Waals surface area (Å²) in [6.07, 6.45) is 0.